The van der Waals surface area contributed by atoms with Gasteiger partial charge in [0.2, 0.25) is 0 Å². The lowest BCUT2D eigenvalue weighted by Gasteiger charge is -2.23. The second-order valence-electron chi connectivity index (χ2n) is 6.04. The molecule has 22 heavy (non-hydrogen) atoms. The van der Waals surface area contributed by atoms with Crippen molar-refractivity contribution in [3.8, 4) is 11.8 Å². The van der Waals surface area contributed by atoms with Crippen LogP contribution in [-0.4, -0.2) is 39.5 Å². The van der Waals surface area contributed by atoms with Gasteiger partial charge in [-0.15, -0.1) is 0 Å². The van der Waals surface area contributed by atoms with Crippen molar-refractivity contribution in [2.24, 2.45) is 0 Å². The van der Waals surface area contributed by atoms with Crippen molar-refractivity contribution < 1.29 is 9.47 Å². The standard InChI is InChI=1S/C15H24N4O2Si/c1-18-19(12-20-9-10-22(2,3)4)15(17)21-14-7-5-13(11-16)6-8-14/h5-8,17-18H,9-10,12H2,1-4H3. The van der Waals surface area contributed by atoms with E-state index >= 15 is 0 Å². The van der Waals surface area contributed by atoms with Crippen molar-refractivity contribution in [3.05, 3.63) is 29.8 Å². The zero-order valence-electron chi connectivity index (χ0n) is 13.6. The normalized spacial score (nSPS) is 10.9. The van der Waals surface area contributed by atoms with Gasteiger partial charge in [0.15, 0.2) is 0 Å². The minimum Gasteiger partial charge on any atom is -0.425 e. The van der Waals surface area contributed by atoms with Crippen LogP contribution in [0.15, 0.2) is 24.3 Å². The summed E-state index contributed by atoms with van der Waals surface area (Å²) in [6, 6.07) is 9.68. The van der Waals surface area contributed by atoms with Crippen LogP contribution in [0.2, 0.25) is 25.7 Å². The first-order chi connectivity index (χ1) is 10.4. The summed E-state index contributed by atoms with van der Waals surface area (Å²) in [5, 5.41) is 18.2. The van der Waals surface area contributed by atoms with Crippen LogP contribution in [0.25, 0.3) is 0 Å². The molecule has 0 aliphatic carbocycles. The molecule has 0 fully saturated rings. The van der Waals surface area contributed by atoms with Crippen LogP contribution in [0.5, 0.6) is 5.75 Å². The van der Waals surface area contributed by atoms with E-state index in [4.69, 9.17) is 20.1 Å². The van der Waals surface area contributed by atoms with Crippen molar-refractivity contribution in [1.29, 1.82) is 10.7 Å². The van der Waals surface area contributed by atoms with E-state index in [1.165, 1.54) is 5.01 Å². The monoisotopic (exact) mass is 320 g/mol. The Morgan fingerprint density at radius 1 is 1.32 bits per heavy atom. The molecule has 0 amide bonds. The van der Waals surface area contributed by atoms with Gasteiger partial charge in [0.25, 0.3) is 0 Å². The van der Waals surface area contributed by atoms with Gasteiger partial charge in [-0.1, -0.05) is 19.6 Å². The first-order valence-corrected chi connectivity index (χ1v) is 10.9. The van der Waals surface area contributed by atoms with Crippen LogP contribution < -0.4 is 10.2 Å². The Labute approximate surface area is 133 Å². The third-order valence-electron chi connectivity index (χ3n) is 2.93. The van der Waals surface area contributed by atoms with Crippen LogP contribution in [0, 0.1) is 16.7 Å². The van der Waals surface area contributed by atoms with Crippen LogP contribution >= 0.6 is 0 Å². The highest BCUT2D eigenvalue weighted by Gasteiger charge is 2.14. The van der Waals surface area contributed by atoms with Gasteiger partial charge in [0, 0.05) is 21.7 Å². The maximum Gasteiger partial charge on any atom is 0.306 e. The molecule has 1 rings (SSSR count). The number of nitrogens with zero attached hydrogens (tertiary/aromatic N) is 2. The summed E-state index contributed by atoms with van der Waals surface area (Å²) in [5.41, 5.74) is 3.41. The fourth-order valence-corrected chi connectivity index (χ4v) is 2.28. The average Bonchev–Trinajstić information content (AvgIpc) is 2.47. The van der Waals surface area contributed by atoms with Gasteiger partial charge in [0.1, 0.15) is 12.5 Å². The van der Waals surface area contributed by atoms with Gasteiger partial charge in [-0.25, -0.2) is 15.8 Å². The molecule has 0 aliphatic rings. The molecule has 6 nitrogen and oxygen atoms in total. The summed E-state index contributed by atoms with van der Waals surface area (Å²) in [6.45, 7) is 7.81. The van der Waals surface area contributed by atoms with Gasteiger partial charge in [-0.2, -0.15) is 5.26 Å². The minimum atomic E-state index is -1.11. The molecule has 0 radical (unpaired) electrons. The van der Waals surface area contributed by atoms with E-state index in [-0.39, 0.29) is 12.8 Å². The maximum absolute atomic E-state index is 8.75. The van der Waals surface area contributed by atoms with E-state index in [2.05, 4.69) is 25.1 Å². The number of nitrogens with one attached hydrogen (secondary N) is 2. The first-order valence-electron chi connectivity index (χ1n) is 7.15. The van der Waals surface area contributed by atoms with Crippen LogP contribution in [0.1, 0.15) is 5.56 Å². The third-order valence-corrected chi connectivity index (χ3v) is 4.63. The van der Waals surface area contributed by atoms with Gasteiger partial charge in [-0.3, -0.25) is 0 Å². The topological polar surface area (TPSA) is 81.4 Å². The Kier molecular flexibility index (Phi) is 7.05. The first kappa shape index (κ1) is 18.2. The lowest BCUT2D eigenvalue weighted by atomic mass is 10.2. The molecule has 1 aromatic rings. The fourth-order valence-electron chi connectivity index (χ4n) is 1.52. The average molecular weight is 320 g/mol. The van der Waals surface area contributed by atoms with Gasteiger partial charge < -0.3 is 9.47 Å². The van der Waals surface area contributed by atoms with Gasteiger partial charge >= 0.3 is 6.02 Å². The van der Waals surface area contributed by atoms with Gasteiger partial charge in [0.05, 0.1) is 11.6 Å². The molecule has 2 N–H and O–H groups in total. The largest absolute Gasteiger partial charge is 0.425 e. The number of hydrazine groups is 1. The van der Waals surface area contributed by atoms with E-state index in [0.29, 0.717) is 17.9 Å². The SMILES string of the molecule is CNN(COCC[Si](C)(C)C)C(=N)Oc1ccc(C#N)cc1. The Morgan fingerprint density at radius 3 is 2.45 bits per heavy atom. The number of ether oxygens (including phenoxy) is 2. The molecule has 0 atom stereocenters. The number of amidine groups is 1. The molecule has 0 aromatic heterocycles. The van der Waals surface area contributed by atoms with Gasteiger partial charge in [-0.05, 0) is 30.3 Å². The Morgan fingerprint density at radius 2 is 1.95 bits per heavy atom. The van der Waals surface area contributed by atoms with E-state index in [1.54, 1.807) is 31.3 Å². The lowest BCUT2D eigenvalue weighted by molar-refractivity contribution is 0.0440. The molecule has 120 valence electrons. The third kappa shape index (κ3) is 6.71. The Balaban J connectivity index is 2.45. The molecular formula is C15H24N4O2Si. The number of benzene rings is 1. The van der Waals surface area contributed by atoms with E-state index < -0.39 is 8.07 Å². The van der Waals surface area contributed by atoms with Crippen molar-refractivity contribution in [1.82, 2.24) is 10.4 Å². The lowest BCUT2D eigenvalue weighted by Crippen LogP contribution is -2.44. The smallest absolute Gasteiger partial charge is 0.306 e. The molecule has 1 aromatic carbocycles. The molecule has 7 heteroatoms. The Hall–Kier alpha value is -1.88. The zero-order chi connectivity index (χ0) is 16.6. The molecule has 0 unspecified atom stereocenters. The predicted octanol–water partition coefficient (Wildman–Crippen LogP) is 2.62. The maximum atomic E-state index is 8.75. The predicted molar refractivity (Wildman–Crippen MR) is 89.4 cm³/mol. The van der Waals surface area contributed by atoms with Crippen molar-refractivity contribution in [2.45, 2.75) is 25.7 Å². The summed E-state index contributed by atoms with van der Waals surface area (Å²) < 4.78 is 11.0. The van der Waals surface area contributed by atoms with Crippen LogP contribution in [0.3, 0.4) is 0 Å². The summed E-state index contributed by atoms with van der Waals surface area (Å²) in [5.74, 6) is 0.506. The van der Waals surface area contributed by atoms with Crippen LogP contribution in [0.4, 0.5) is 0 Å². The highest BCUT2D eigenvalue weighted by Crippen LogP contribution is 2.12. The number of hydrogen-bond acceptors (Lipinski definition) is 5. The number of hydrogen-bond donors (Lipinski definition) is 2. The van der Waals surface area contributed by atoms with Crippen molar-refractivity contribution >= 4 is 14.1 Å². The summed E-state index contributed by atoms with van der Waals surface area (Å²) in [7, 11) is 0.595. The second kappa shape index (κ2) is 8.53. The summed E-state index contributed by atoms with van der Waals surface area (Å²) >= 11 is 0. The summed E-state index contributed by atoms with van der Waals surface area (Å²) in [4.78, 5) is 0. The van der Waals surface area contributed by atoms with E-state index in [1.807, 2.05) is 6.07 Å². The Bertz CT molecular complexity index is 520. The number of nitriles is 1. The second-order valence-corrected chi connectivity index (χ2v) is 11.7. The molecule has 0 heterocycles. The fraction of sp³-hybridized carbons (Fsp3) is 0.467. The highest BCUT2D eigenvalue weighted by atomic mass is 28.3. The quantitative estimate of drug-likeness (QED) is 0.202. The van der Waals surface area contributed by atoms with Crippen molar-refractivity contribution in [2.75, 3.05) is 20.4 Å². The molecule has 0 aliphatic heterocycles. The molecular weight excluding hydrogens is 296 g/mol. The molecule has 0 saturated heterocycles. The van der Waals surface area contributed by atoms with E-state index in [0.717, 1.165) is 6.04 Å². The zero-order valence-corrected chi connectivity index (χ0v) is 14.6. The minimum absolute atomic E-state index is 0.0554. The highest BCUT2D eigenvalue weighted by molar-refractivity contribution is 6.76. The summed E-state index contributed by atoms with van der Waals surface area (Å²) in [6.07, 6.45) is 0. The molecule has 0 spiro atoms. The molecule has 0 bridgehead atoms. The number of rotatable bonds is 7. The molecule has 0 saturated carbocycles. The van der Waals surface area contributed by atoms with Crippen LogP contribution in [-0.2, 0) is 4.74 Å². The van der Waals surface area contributed by atoms with E-state index in [9.17, 15) is 0 Å². The van der Waals surface area contributed by atoms with Crippen molar-refractivity contribution in [3.63, 3.8) is 0 Å².